The molecular weight excluding hydrogens is 220 g/mol. The monoisotopic (exact) mass is 232 g/mol. The van der Waals surface area contributed by atoms with Crippen molar-refractivity contribution in [2.45, 2.75) is 24.1 Å². The summed E-state index contributed by atoms with van der Waals surface area (Å²) < 4.78 is 0. The first kappa shape index (κ1) is 11.7. The highest BCUT2D eigenvalue weighted by Gasteiger charge is 2.10. The number of hydrogen-bond acceptors (Lipinski definition) is 5. The van der Waals surface area contributed by atoms with Crippen LogP contribution in [0, 0.1) is 6.92 Å². The summed E-state index contributed by atoms with van der Waals surface area (Å²) in [6, 6.07) is 0. The van der Waals surface area contributed by atoms with Gasteiger partial charge in [-0.3, -0.25) is 5.43 Å². The summed E-state index contributed by atoms with van der Waals surface area (Å²) in [5.74, 6) is 0. The van der Waals surface area contributed by atoms with E-state index in [0.717, 1.165) is 10.6 Å². The van der Waals surface area contributed by atoms with Crippen LogP contribution in [0.1, 0.15) is 12.6 Å². The van der Waals surface area contributed by atoms with Crippen molar-refractivity contribution >= 4 is 23.4 Å². The standard InChI is InChI=1S/C8H13ClN4S/c1-5-7(8(9)12-4-11-5)14-6(2)13-10-3/h4,6,10,13H,1-3H3. The number of aromatic nitrogens is 2. The van der Waals surface area contributed by atoms with E-state index in [4.69, 9.17) is 11.6 Å². The van der Waals surface area contributed by atoms with Crippen LogP contribution in [0.4, 0.5) is 0 Å². The maximum Gasteiger partial charge on any atom is 0.146 e. The first-order chi connectivity index (χ1) is 6.65. The second-order valence-corrected chi connectivity index (χ2v) is 4.44. The van der Waals surface area contributed by atoms with E-state index in [1.807, 2.05) is 20.9 Å². The molecule has 0 bridgehead atoms. The van der Waals surface area contributed by atoms with Gasteiger partial charge in [-0.2, -0.15) is 0 Å². The predicted octanol–water partition coefficient (Wildman–Crippen LogP) is 1.60. The summed E-state index contributed by atoms with van der Waals surface area (Å²) >= 11 is 7.54. The molecule has 0 radical (unpaired) electrons. The molecule has 0 saturated heterocycles. The first-order valence-electron chi connectivity index (χ1n) is 4.21. The molecule has 78 valence electrons. The highest BCUT2D eigenvalue weighted by molar-refractivity contribution is 8.00. The number of halogens is 1. The summed E-state index contributed by atoms with van der Waals surface area (Å²) in [4.78, 5) is 8.95. The van der Waals surface area contributed by atoms with E-state index in [1.165, 1.54) is 6.33 Å². The van der Waals surface area contributed by atoms with Gasteiger partial charge in [0.2, 0.25) is 0 Å². The zero-order valence-electron chi connectivity index (χ0n) is 8.34. The Kier molecular flexibility index (Phi) is 4.60. The van der Waals surface area contributed by atoms with Crippen molar-refractivity contribution < 1.29 is 0 Å². The van der Waals surface area contributed by atoms with E-state index < -0.39 is 0 Å². The van der Waals surface area contributed by atoms with Crippen molar-refractivity contribution in [2.75, 3.05) is 7.05 Å². The molecule has 1 aromatic rings. The number of nitrogens with zero attached hydrogens (tertiary/aromatic N) is 2. The summed E-state index contributed by atoms with van der Waals surface area (Å²) in [7, 11) is 1.83. The fraction of sp³-hybridized carbons (Fsp3) is 0.500. The maximum atomic E-state index is 5.95. The molecule has 0 fully saturated rings. The Bertz CT molecular complexity index is 287. The summed E-state index contributed by atoms with van der Waals surface area (Å²) in [5.41, 5.74) is 6.82. The van der Waals surface area contributed by atoms with Gasteiger partial charge in [-0.15, -0.1) is 11.8 Å². The topological polar surface area (TPSA) is 49.8 Å². The van der Waals surface area contributed by atoms with Crippen LogP contribution < -0.4 is 10.9 Å². The van der Waals surface area contributed by atoms with Crippen molar-refractivity contribution in [1.82, 2.24) is 20.8 Å². The Morgan fingerprint density at radius 1 is 1.50 bits per heavy atom. The molecule has 4 nitrogen and oxygen atoms in total. The fourth-order valence-corrected chi connectivity index (χ4v) is 2.19. The molecule has 0 aliphatic rings. The highest BCUT2D eigenvalue weighted by Crippen LogP contribution is 2.29. The van der Waals surface area contributed by atoms with Crippen LogP contribution in [0.5, 0.6) is 0 Å². The van der Waals surface area contributed by atoms with Crippen molar-refractivity contribution in [3.63, 3.8) is 0 Å². The highest BCUT2D eigenvalue weighted by atomic mass is 35.5. The molecule has 0 spiro atoms. The molecule has 0 aliphatic carbocycles. The van der Waals surface area contributed by atoms with Crippen LogP contribution in [0.2, 0.25) is 5.15 Å². The lowest BCUT2D eigenvalue weighted by Crippen LogP contribution is -2.33. The molecule has 1 unspecified atom stereocenters. The number of thioether (sulfide) groups is 1. The molecule has 0 aliphatic heterocycles. The average Bonchev–Trinajstić information content (AvgIpc) is 2.12. The molecule has 0 amide bonds. The van der Waals surface area contributed by atoms with Crippen molar-refractivity contribution in [2.24, 2.45) is 0 Å². The molecule has 1 rings (SSSR count). The van der Waals surface area contributed by atoms with Crippen LogP contribution in [0.15, 0.2) is 11.2 Å². The Labute approximate surface area is 92.8 Å². The number of aryl methyl sites for hydroxylation is 1. The number of hydrazine groups is 1. The molecule has 1 atom stereocenters. The van der Waals surface area contributed by atoms with Crippen molar-refractivity contribution in [3.05, 3.63) is 17.2 Å². The summed E-state index contributed by atoms with van der Waals surface area (Å²) in [5, 5.41) is 0.717. The van der Waals surface area contributed by atoms with E-state index in [2.05, 4.69) is 20.8 Å². The second kappa shape index (κ2) is 5.50. The Morgan fingerprint density at radius 2 is 2.21 bits per heavy atom. The summed E-state index contributed by atoms with van der Waals surface area (Å²) in [6.45, 7) is 3.95. The molecule has 0 saturated carbocycles. The molecule has 0 aromatic carbocycles. The van der Waals surface area contributed by atoms with Gasteiger partial charge in [-0.05, 0) is 20.9 Å². The van der Waals surface area contributed by atoms with E-state index in [1.54, 1.807) is 11.8 Å². The average molecular weight is 233 g/mol. The van der Waals surface area contributed by atoms with Gasteiger partial charge in [0.25, 0.3) is 0 Å². The third kappa shape index (κ3) is 3.09. The molecule has 1 heterocycles. The van der Waals surface area contributed by atoms with Crippen molar-refractivity contribution in [1.29, 1.82) is 0 Å². The Morgan fingerprint density at radius 3 is 2.79 bits per heavy atom. The SMILES string of the molecule is CNNC(C)Sc1c(C)ncnc1Cl. The van der Waals surface area contributed by atoms with Gasteiger partial charge < -0.3 is 0 Å². The lowest BCUT2D eigenvalue weighted by Gasteiger charge is -2.13. The molecular formula is C8H13ClN4S. The van der Waals surface area contributed by atoms with Gasteiger partial charge in [-0.1, -0.05) is 11.6 Å². The quantitative estimate of drug-likeness (QED) is 0.358. The van der Waals surface area contributed by atoms with Gasteiger partial charge in [0.05, 0.1) is 16.0 Å². The molecule has 2 N–H and O–H groups in total. The molecule has 6 heteroatoms. The van der Waals surface area contributed by atoms with Crippen LogP contribution >= 0.6 is 23.4 Å². The minimum atomic E-state index is 0.210. The number of hydrogen-bond donors (Lipinski definition) is 2. The summed E-state index contributed by atoms with van der Waals surface area (Å²) in [6.07, 6.45) is 1.47. The number of nitrogens with one attached hydrogen (secondary N) is 2. The van der Waals surface area contributed by atoms with Gasteiger partial charge in [-0.25, -0.2) is 15.4 Å². The van der Waals surface area contributed by atoms with Gasteiger partial charge in [0.15, 0.2) is 0 Å². The third-order valence-electron chi connectivity index (χ3n) is 1.58. The Balaban J connectivity index is 2.75. The lowest BCUT2D eigenvalue weighted by molar-refractivity contribution is 0.593. The zero-order valence-corrected chi connectivity index (χ0v) is 9.91. The molecule has 1 aromatic heterocycles. The molecule has 14 heavy (non-hydrogen) atoms. The van der Waals surface area contributed by atoms with E-state index in [0.29, 0.717) is 5.15 Å². The Hall–Kier alpha value is -0.360. The van der Waals surface area contributed by atoms with Crippen LogP contribution in [-0.4, -0.2) is 22.4 Å². The second-order valence-electron chi connectivity index (χ2n) is 2.73. The maximum absolute atomic E-state index is 5.95. The van der Waals surface area contributed by atoms with Crippen LogP contribution in [0.25, 0.3) is 0 Å². The minimum absolute atomic E-state index is 0.210. The van der Waals surface area contributed by atoms with Crippen LogP contribution in [-0.2, 0) is 0 Å². The van der Waals surface area contributed by atoms with E-state index in [-0.39, 0.29) is 5.37 Å². The van der Waals surface area contributed by atoms with Crippen molar-refractivity contribution in [3.8, 4) is 0 Å². The normalized spacial score (nSPS) is 12.9. The van der Waals surface area contributed by atoms with Gasteiger partial charge in [0, 0.05) is 0 Å². The van der Waals surface area contributed by atoms with E-state index in [9.17, 15) is 0 Å². The van der Waals surface area contributed by atoms with Crippen LogP contribution in [0.3, 0.4) is 0 Å². The fourth-order valence-electron chi connectivity index (χ4n) is 0.976. The lowest BCUT2D eigenvalue weighted by atomic mass is 10.5. The van der Waals surface area contributed by atoms with Gasteiger partial charge in [0.1, 0.15) is 11.5 Å². The first-order valence-corrected chi connectivity index (χ1v) is 5.47. The third-order valence-corrected chi connectivity index (χ3v) is 3.18. The zero-order chi connectivity index (χ0) is 10.6. The number of rotatable bonds is 4. The minimum Gasteiger partial charge on any atom is -0.260 e. The largest absolute Gasteiger partial charge is 0.260 e. The van der Waals surface area contributed by atoms with E-state index >= 15 is 0 Å². The smallest absolute Gasteiger partial charge is 0.146 e. The predicted molar refractivity (Wildman–Crippen MR) is 59.3 cm³/mol. The van der Waals surface area contributed by atoms with Gasteiger partial charge >= 0.3 is 0 Å².